The monoisotopic (exact) mass is 269 g/mol. The van der Waals surface area contributed by atoms with E-state index in [1.807, 2.05) is 7.05 Å². The van der Waals surface area contributed by atoms with Crippen molar-refractivity contribution in [3.8, 4) is 0 Å². The first kappa shape index (κ1) is 15.0. The van der Waals surface area contributed by atoms with Gasteiger partial charge in [0.25, 0.3) is 0 Å². The van der Waals surface area contributed by atoms with Crippen LogP contribution in [0.5, 0.6) is 0 Å². The maximum atomic E-state index is 14.1. The molecule has 0 aliphatic heterocycles. The highest BCUT2D eigenvalue weighted by molar-refractivity contribution is 7.98. The van der Waals surface area contributed by atoms with Crippen LogP contribution in [-0.2, 0) is 6.54 Å². The Kier molecular flexibility index (Phi) is 5.62. The number of hydrogen-bond acceptors (Lipinski definition) is 3. The zero-order chi connectivity index (χ0) is 13.7. The summed E-state index contributed by atoms with van der Waals surface area (Å²) in [6.45, 7) is 2.64. The van der Waals surface area contributed by atoms with Gasteiger partial charge in [0.2, 0.25) is 0 Å². The van der Waals surface area contributed by atoms with Crippen LogP contribution in [0.15, 0.2) is 18.2 Å². The van der Waals surface area contributed by atoms with Crippen LogP contribution in [-0.4, -0.2) is 35.8 Å². The number of hydrogen-bond donors (Lipinski definition) is 2. The average molecular weight is 269 g/mol. The molecule has 100 valence electrons. The summed E-state index contributed by atoms with van der Waals surface area (Å²) >= 11 is 1.77. The van der Waals surface area contributed by atoms with E-state index in [9.17, 15) is 4.39 Å². The van der Waals surface area contributed by atoms with Gasteiger partial charge in [-0.05, 0) is 26.3 Å². The maximum Gasteiger partial charge on any atom is 0.138 e. The van der Waals surface area contributed by atoms with E-state index in [-0.39, 0.29) is 17.2 Å². The molecule has 0 radical (unpaired) electrons. The minimum absolute atomic E-state index is 0.179. The highest BCUT2D eigenvalue weighted by Gasteiger charge is 2.14. The number of nitrogens with two attached hydrogens (primary N) is 1. The third kappa shape index (κ3) is 3.71. The first-order valence-corrected chi connectivity index (χ1v) is 7.17. The fourth-order valence-electron chi connectivity index (χ4n) is 1.70. The predicted molar refractivity (Wildman–Crippen MR) is 76.7 cm³/mol. The number of amidine groups is 1. The van der Waals surface area contributed by atoms with E-state index in [4.69, 9.17) is 11.1 Å². The molecule has 1 aromatic rings. The number of nitrogens with zero attached hydrogens (tertiary/aromatic N) is 1. The lowest BCUT2D eigenvalue weighted by molar-refractivity contribution is 0.266. The van der Waals surface area contributed by atoms with Crippen LogP contribution in [0, 0.1) is 11.2 Å². The minimum atomic E-state index is -0.381. The fourth-order valence-corrected chi connectivity index (χ4v) is 2.44. The van der Waals surface area contributed by atoms with Gasteiger partial charge in [-0.25, -0.2) is 4.39 Å². The summed E-state index contributed by atoms with van der Waals surface area (Å²) in [5, 5.41) is 7.33. The summed E-state index contributed by atoms with van der Waals surface area (Å²) in [5.74, 6) is 0.396. The molecule has 0 fully saturated rings. The molecule has 0 aliphatic rings. The Balaban J connectivity index is 2.85. The number of benzene rings is 1. The van der Waals surface area contributed by atoms with Crippen molar-refractivity contribution < 1.29 is 4.39 Å². The molecule has 3 nitrogen and oxygen atoms in total. The number of thioether (sulfide) groups is 1. The van der Waals surface area contributed by atoms with Crippen molar-refractivity contribution >= 4 is 17.6 Å². The first-order valence-electron chi connectivity index (χ1n) is 5.78. The molecule has 0 saturated carbocycles. The second kappa shape index (κ2) is 6.75. The third-order valence-corrected chi connectivity index (χ3v) is 3.76. The fraction of sp³-hybridized carbons (Fsp3) is 0.462. The van der Waals surface area contributed by atoms with Crippen molar-refractivity contribution in [3.05, 3.63) is 35.1 Å². The van der Waals surface area contributed by atoms with Crippen LogP contribution in [0.25, 0.3) is 0 Å². The van der Waals surface area contributed by atoms with E-state index in [0.717, 1.165) is 5.75 Å². The molecule has 0 bridgehead atoms. The summed E-state index contributed by atoms with van der Waals surface area (Å²) in [7, 11) is 1.97. The van der Waals surface area contributed by atoms with Gasteiger partial charge < -0.3 is 5.73 Å². The molecular formula is C13H20FN3S. The van der Waals surface area contributed by atoms with Crippen molar-refractivity contribution in [2.24, 2.45) is 5.73 Å². The quantitative estimate of drug-likeness (QED) is 0.615. The Bertz CT molecular complexity index is 423. The van der Waals surface area contributed by atoms with Crippen LogP contribution >= 0.6 is 11.8 Å². The SMILES string of the molecule is CSCC(C)N(C)Cc1cccc(C(=N)N)c1F. The molecule has 18 heavy (non-hydrogen) atoms. The topological polar surface area (TPSA) is 53.1 Å². The zero-order valence-corrected chi connectivity index (χ0v) is 11.9. The molecule has 3 N–H and O–H groups in total. The standard InChI is InChI=1S/C13H20FN3S/c1-9(8-18-3)17(2)7-10-5-4-6-11(12(10)14)13(15)16/h4-6,9H,7-8H2,1-3H3,(H3,15,16). The largest absolute Gasteiger partial charge is 0.384 e. The Morgan fingerprint density at radius 1 is 1.56 bits per heavy atom. The van der Waals surface area contributed by atoms with Gasteiger partial charge in [-0.1, -0.05) is 12.1 Å². The molecule has 1 rings (SSSR count). The number of rotatable bonds is 6. The normalized spacial score (nSPS) is 12.7. The lowest BCUT2D eigenvalue weighted by Gasteiger charge is -2.24. The smallest absolute Gasteiger partial charge is 0.138 e. The van der Waals surface area contributed by atoms with E-state index in [1.54, 1.807) is 23.9 Å². The lowest BCUT2D eigenvalue weighted by atomic mass is 10.1. The summed E-state index contributed by atoms with van der Waals surface area (Å²) in [5.41, 5.74) is 6.11. The summed E-state index contributed by atoms with van der Waals surface area (Å²) in [6.07, 6.45) is 2.06. The molecule has 5 heteroatoms. The van der Waals surface area contributed by atoms with Crippen LogP contribution in [0.3, 0.4) is 0 Å². The van der Waals surface area contributed by atoms with Gasteiger partial charge >= 0.3 is 0 Å². The third-order valence-electron chi connectivity index (χ3n) is 2.95. The molecule has 0 amide bonds. The average Bonchev–Trinajstić information content (AvgIpc) is 2.31. The van der Waals surface area contributed by atoms with Crippen LogP contribution < -0.4 is 5.73 Å². The molecule has 1 atom stereocenters. The van der Waals surface area contributed by atoms with Gasteiger partial charge in [0.05, 0.1) is 5.56 Å². The molecule has 0 aromatic heterocycles. The highest BCUT2D eigenvalue weighted by atomic mass is 32.2. The highest BCUT2D eigenvalue weighted by Crippen LogP contribution is 2.16. The van der Waals surface area contributed by atoms with E-state index in [2.05, 4.69) is 18.1 Å². The second-order valence-corrected chi connectivity index (χ2v) is 5.32. The molecular weight excluding hydrogens is 249 g/mol. The molecule has 1 aromatic carbocycles. The summed E-state index contributed by atoms with van der Waals surface area (Å²) in [6, 6.07) is 5.39. The van der Waals surface area contributed by atoms with Crippen molar-refractivity contribution in [2.45, 2.75) is 19.5 Å². The zero-order valence-electron chi connectivity index (χ0n) is 11.0. The molecule has 1 unspecified atom stereocenters. The Morgan fingerprint density at radius 3 is 2.78 bits per heavy atom. The first-order chi connectivity index (χ1) is 8.47. The maximum absolute atomic E-state index is 14.1. The summed E-state index contributed by atoms with van der Waals surface area (Å²) < 4.78 is 14.1. The van der Waals surface area contributed by atoms with E-state index >= 15 is 0 Å². The number of nitrogen functional groups attached to an aromatic ring is 1. The van der Waals surface area contributed by atoms with Crippen molar-refractivity contribution in [1.29, 1.82) is 5.41 Å². The van der Waals surface area contributed by atoms with E-state index < -0.39 is 0 Å². The summed E-state index contributed by atoms with van der Waals surface area (Å²) in [4.78, 5) is 2.10. The van der Waals surface area contributed by atoms with Crippen LogP contribution in [0.1, 0.15) is 18.1 Å². The number of halogens is 1. The molecule has 0 saturated heterocycles. The number of nitrogens with one attached hydrogen (secondary N) is 1. The van der Waals surface area contributed by atoms with Gasteiger partial charge in [-0.15, -0.1) is 0 Å². The Hall–Kier alpha value is -1.07. The molecule has 0 aliphatic carbocycles. The predicted octanol–water partition coefficient (Wildman–Crippen LogP) is 2.29. The second-order valence-electron chi connectivity index (χ2n) is 4.41. The minimum Gasteiger partial charge on any atom is -0.384 e. The van der Waals surface area contributed by atoms with Gasteiger partial charge in [-0.3, -0.25) is 10.3 Å². The molecule has 0 spiro atoms. The van der Waals surface area contributed by atoms with Gasteiger partial charge in [0.1, 0.15) is 11.7 Å². The lowest BCUT2D eigenvalue weighted by Crippen LogP contribution is -2.31. The Labute approximate surface area is 112 Å². The van der Waals surface area contributed by atoms with Crippen LogP contribution in [0.4, 0.5) is 4.39 Å². The van der Waals surface area contributed by atoms with Gasteiger partial charge in [0.15, 0.2) is 0 Å². The van der Waals surface area contributed by atoms with Gasteiger partial charge in [0, 0.05) is 23.9 Å². The molecule has 0 heterocycles. The van der Waals surface area contributed by atoms with E-state index in [1.165, 1.54) is 6.07 Å². The van der Waals surface area contributed by atoms with Crippen molar-refractivity contribution in [1.82, 2.24) is 4.90 Å². The van der Waals surface area contributed by atoms with Crippen molar-refractivity contribution in [2.75, 3.05) is 19.1 Å². The Morgan fingerprint density at radius 2 is 2.22 bits per heavy atom. The van der Waals surface area contributed by atoms with Crippen molar-refractivity contribution in [3.63, 3.8) is 0 Å². The van der Waals surface area contributed by atoms with Crippen LogP contribution in [0.2, 0.25) is 0 Å². The van der Waals surface area contributed by atoms with E-state index in [0.29, 0.717) is 18.2 Å². The van der Waals surface area contributed by atoms with Gasteiger partial charge in [-0.2, -0.15) is 11.8 Å².